The van der Waals surface area contributed by atoms with Crippen LogP contribution in [-0.4, -0.2) is 14.4 Å². The van der Waals surface area contributed by atoms with Gasteiger partial charge in [0, 0.05) is 12.4 Å². The van der Waals surface area contributed by atoms with Crippen molar-refractivity contribution in [3.63, 3.8) is 0 Å². The maximum atomic E-state index is 4.76. The van der Waals surface area contributed by atoms with E-state index in [9.17, 15) is 0 Å². The zero-order valence-corrected chi connectivity index (χ0v) is 10.6. The summed E-state index contributed by atoms with van der Waals surface area (Å²) >= 11 is 0. The number of hydrogen-bond donors (Lipinski definition) is 0. The van der Waals surface area contributed by atoms with Gasteiger partial charge in [-0.15, -0.1) is 0 Å². The number of aromatic nitrogens is 3. The van der Waals surface area contributed by atoms with Crippen molar-refractivity contribution in [1.29, 1.82) is 0 Å². The van der Waals surface area contributed by atoms with Crippen LogP contribution in [-0.2, 0) is 6.42 Å². The molecule has 1 aromatic carbocycles. The summed E-state index contributed by atoms with van der Waals surface area (Å²) in [5, 5.41) is 0. The van der Waals surface area contributed by atoms with E-state index < -0.39 is 0 Å². The van der Waals surface area contributed by atoms with Crippen molar-refractivity contribution < 1.29 is 0 Å². The Morgan fingerprint density at radius 1 is 1.17 bits per heavy atom. The van der Waals surface area contributed by atoms with Gasteiger partial charge in [-0.05, 0) is 25.0 Å². The van der Waals surface area contributed by atoms with Crippen molar-refractivity contribution in [2.24, 2.45) is 0 Å². The van der Waals surface area contributed by atoms with E-state index in [1.54, 1.807) is 0 Å². The lowest BCUT2D eigenvalue weighted by molar-refractivity contribution is 0.709. The van der Waals surface area contributed by atoms with Gasteiger partial charge in [-0.25, -0.2) is 9.97 Å². The Morgan fingerprint density at radius 3 is 2.94 bits per heavy atom. The fourth-order valence-corrected chi connectivity index (χ4v) is 2.38. The molecule has 3 heteroatoms. The lowest BCUT2D eigenvalue weighted by atomic mass is 10.1. The molecule has 0 bridgehead atoms. The largest absolute Gasteiger partial charge is 0.297 e. The number of benzene rings is 1. The highest BCUT2D eigenvalue weighted by Crippen LogP contribution is 2.18. The molecule has 3 rings (SSSR count). The van der Waals surface area contributed by atoms with E-state index in [2.05, 4.69) is 28.4 Å². The molecule has 2 heterocycles. The topological polar surface area (TPSA) is 30.2 Å². The predicted molar refractivity (Wildman–Crippen MR) is 73.7 cm³/mol. The van der Waals surface area contributed by atoms with Gasteiger partial charge in [-0.1, -0.05) is 31.9 Å². The van der Waals surface area contributed by atoms with Gasteiger partial charge in [0.1, 0.15) is 0 Å². The standard InChI is InChI=1S/C15H17N3/c1-2-3-4-8-13-15-16-10-11-18(15)14-9-6-5-7-12(14)17-13/h5-7,9-11H,2-4,8H2,1H3. The number of nitrogens with zero attached hydrogens (tertiary/aromatic N) is 3. The van der Waals surface area contributed by atoms with Crippen LogP contribution in [0.4, 0.5) is 0 Å². The summed E-state index contributed by atoms with van der Waals surface area (Å²) in [5.41, 5.74) is 4.30. The summed E-state index contributed by atoms with van der Waals surface area (Å²) in [6.07, 6.45) is 8.55. The van der Waals surface area contributed by atoms with Gasteiger partial charge in [0.2, 0.25) is 0 Å². The molecule has 92 valence electrons. The first kappa shape index (κ1) is 11.2. The van der Waals surface area contributed by atoms with E-state index >= 15 is 0 Å². The third-order valence-corrected chi connectivity index (χ3v) is 3.31. The molecule has 0 atom stereocenters. The van der Waals surface area contributed by atoms with Crippen molar-refractivity contribution in [3.8, 4) is 0 Å². The Bertz CT molecular complexity index is 670. The van der Waals surface area contributed by atoms with E-state index in [1.165, 1.54) is 19.3 Å². The van der Waals surface area contributed by atoms with E-state index in [-0.39, 0.29) is 0 Å². The quantitative estimate of drug-likeness (QED) is 0.651. The highest BCUT2D eigenvalue weighted by molar-refractivity contribution is 5.78. The molecule has 0 radical (unpaired) electrons. The first-order valence-electron chi connectivity index (χ1n) is 6.61. The lowest BCUT2D eigenvalue weighted by Crippen LogP contribution is -1.99. The first-order chi connectivity index (χ1) is 8.90. The molecule has 0 aliphatic heterocycles. The number of para-hydroxylation sites is 2. The Balaban J connectivity index is 2.13. The molecule has 0 amide bonds. The lowest BCUT2D eigenvalue weighted by Gasteiger charge is -2.06. The molecule has 0 unspecified atom stereocenters. The molecule has 0 N–H and O–H groups in total. The van der Waals surface area contributed by atoms with Gasteiger partial charge < -0.3 is 0 Å². The molecule has 0 saturated heterocycles. The molecule has 0 aliphatic rings. The summed E-state index contributed by atoms with van der Waals surface area (Å²) in [4.78, 5) is 9.21. The molecule has 0 spiro atoms. The summed E-state index contributed by atoms with van der Waals surface area (Å²) < 4.78 is 2.14. The van der Waals surface area contributed by atoms with Crippen LogP contribution in [0.25, 0.3) is 16.7 Å². The fraction of sp³-hybridized carbons (Fsp3) is 0.333. The third-order valence-electron chi connectivity index (χ3n) is 3.31. The summed E-state index contributed by atoms with van der Waals surface area (Å²) in [5.74, 6) is 0. The fourth-order valence-electron chi connectivity index (χ4n) is 2.38. The molecule has 0 fully saturated rings. The monoisotopic (exact) mass is 239 g/mol. The molecule has 18 heavy (non-hydrogen) atoms. The van der Waals surface area contributed by atoms with Gasteiger partial charge in [-0.3, -0.25) is 4.40 Å². The smallest absolute Gasteiger partial charge is 0.159 e. The minimum absolute atomic E-state index is 1.00. The molecule has 3 aromatic rings. The van der Waals surface area contributed by atoms with Crippen LogP contribution in [0.2, 0.25) is 0 Å². The third kappa shape index (κ3) is 1.86. The molecule has 0 aliphatic carbocycles. The highest BCUT2D eigenvalue weighted by atomic mass is 15.0. The summed E-state index contributed by atoms with van der Waals surface area (Å²) in [6.45, 7) is 2.22. The highest BCUT2D eigenvalue weighted by Gasteiger charge is 2.08. The van der Waals surface area contributed by atoms with Crippen LogP contribution in [0.15, 0.2) is 36.7 Å². The van der Waals surface area contributed by atoms with Crippen LogP contribution in [0.3, 0.4) is 0 Å². The Labute approximate surface area is 106 Å². The minimum atomic E-state index is 1.00. The minimum Gasteiger partial charge on any atom is -0.297 e. The number of rotatable bonds is 4. The van der Waals surface area contributed by atoms with Crippen molar-refractivity contribution in [1.82, 2.24) is 14.4 Å². The second kappa shape index (κ2) is 4.77. The molecular formula is C15H17N3. The maximum Gasteiger partial charge on any atom is 0.159 e. The molecule has 2 aromatic heterocycles. The predicted octanol–water partition coefficient (Wildman–Crippen LogP) is 3.62. The van der Waals surface area contributed by atoms with Crippen LogP contribution >= 0.6 is 0 Å². The molecule has 3 nitrogen and oxygen atoms in total. The van der Waals surface area contributed by atoms with Crippen LogP contribution in [0.5, 0.6) is 0 Å². The Kier molecular flexibility index (Phi) is 2.97. The Morgan fingerprint density at radius 2 is 2.06 bits per heavy atom. The average molecular weight is 239 g/mol. The van der Waals surface area contributed by atoms with E-state index in [4.69, 9.17) is 4.98 Å². The normalized spacial score (nSPS) is 11.4. The van der Waals surface area contributed by atoms with Crippen molar-refractivity contribution >= 4 is 16.7 Å². The molecule has 0 saturated carbocycles. The number of aryl methyl sites for hydroxylation is 1. The Hall–Kier alpha value is -1.90. The van der Waals surface area contributed by atoms with E-state index in [1.807, 2.05) is 24.5 Å². The van der Waals surface area contributed by atoms with E-state index in [0.29, 0.717) is 0 Å². The zero-order valence-electron chi connectivity index (χ0n) is 10.6. The average Bonchev–Trinajstić information content (AvgIpc) is 2.89. The number of fused-ring (bicyclic) bond motifs is 3. The van der Waals surface area contributed by atoms with Gasteiger partial charge in [0.05, 0.1) is 16.7 Å². The number of unbranched alkanes of at least 4 members (excludes halogenated alkanes) is 2. The summed E-state index contributed by atoms with van der Waals surface area (Å²) in [7, 11) is 0. The van der Waals surface area contributed by atoms with Gasteiger partial charge in [0.15, 0.2) is 5.65 Å². The number of hydrogen-bond acceptors (Lipinski definition) is 2. The van der Waals surface area contributed by atoms with Gasteiger partial charge >= 0.3 is 0 Å². The first-order valence-corrected chi connectivity index (χ1v) is 6.61. The van der Waals surface area contributed by atoms with Crippen LogP contribution in [0, 0.1) is 0 Å². The second-order valence-electron chi connectivity index (χ2n) is 4.63. The van der Waals surface area contributed by atoms with Crippen molar-refractivity contribution in [3.05, 3.63) is 42.4 Å². The van der Waals surface area contributed by atoms with Crippen LogP contribution in [0.1, 0.15) is 31.9 Å². The molecular weight excluding hydrogens is 222 g/mol. The van der Waals surface area contributed by atoms with Crippen molar-refractivity contribution in [2.45, 2.75) is 32.6 Å². The zero-order chi connectivity index (χ0) is 12.4. The number of imidazole rings is 1. The van der Waals surface area contributed by atoms with Gasteiger partial charge in [0.25, 0.3) is 0 Å². The van der Waals surface area contributed by atoms with Crippen molar-refractivity contribution in [2.75, 3.05) is 0 Å². The maximum absolute atomic E-state index is 4.76. The summed E-state index contributed by atoms with van der Waals surface area (Å²) in [6, 6.07) is 8.24. The van der Waals surface area contributed by atoms with Gasteiger partial charge in [-0.2, -0.15) is 0 Å². The van der Waals surface area contributed by atoms with E-state index in [0.717, 1.165) is 28.8 Å². The SMILES string of the molecule is CCCCCc1nc2ccccc2n2ccnc12. The van der Waals surface area contributed by atoms with Crippen LogP contribution < -0.4 is 0 Å². The second-order valence-corrected chi connectivity index (χ2v) is 4.63.